The standard InChI is InChI=1S/C33H32F3NO2/c1-20-13-25(17-31(36)30(20)15-22-18-37(19-22)12-4-11-34)32-28-9-7-24(33(38)39)16-23(28)5-3-6-29(32)27-10-8-26(35)14-21(27)2/h7-10,13-17H,3-6,11-12,18-19H2,1-2H3,(H,38,39). The van der Waals surface area contributed by atoms with Crippen LogP contribution in [0.4, 0.5) is 13.2 Å². The fourth-order valence-electron chi connectivity index (χ4n) is 5.83. The maximum Gasteiger partial charge on any atom is 0.335 e. The van der Waals surface area contributed by atoms with E-state index in [4.69, 9.17) is 0 Å². The van der Waals surface area contributed by atoms with Gasteiger partial charge in [0.15, 0.2) is 0 Å². The Morgan fingerprint density at radius 2 is 1.74 bits per heavy atom. The zero-order valence-corrected chi connectivity index (χ0v) is 22.3. The van der Waals surface area contributed by atoms with Gasteiger partial charge >= 0.3 is 5.97 Å². The fraction of sp³-hybridized carbons (Fsp3) is 0.303. The van der Waals surface area contributed by atoms with Gasteiger partial charge in [-0.05, 0) is 126 Å². The van der Waals surface area contributed by atoms with Crippen molar-refractivity contribution in [2.45, 2.75) is 39.5 Å². The number of allylic oxidation sites excluding steroid dienone is 1. The predicted octanol–water partition coefficient (Wildman–Crippen LogP) is 7.63. The number of benzene rings is 3. The van der Waals surface area contributed by atoms with Gasteiger partial charge in [-0.15, -0.1) is 0 Å². The van der Waals surface area contributed by atoms with Crippen molar-refractivity contribution >= 4 is 23.2 Å². The first-order valence-corrected chi connectivity index (χ1v) is 13.4. The topological polar surface area (TPSA) is 40.5 Å². The molecule has 0 amide bonds. The van der Waals surface area contributed by atoms with E-state index in [1.54, 1.807) is 24.3 Å². The highest BCUT2D eigenvalue weighted by atomic mass is 19.1. The number of likely N-dealkylation sites (tertiary alicyclic amines) is 1. The largest absolute Gasteiger partial charge is 0.478 e. The Bertz CT molecular complexity index is 1470. The van der Waals surface area contributed by atoms with E-state index in [1.807, 2.05) is 32.1 Å². The number of aromatic carboxylic acids is 1. The average Bonchev–Trinajstić information content (AvgIpc) is 3.05. The van der Waals surface area contributed by atoms with Gasteiger partial charge in [-0.3, -0.25) is 9.29 Å². The van der Waals surface area contributed by atoms with Crippen molar-refractivity contribution in [1.82, 2.24) is 4.90 Å². The van der Waals surface area contributed by atoms with Gasteiger partial charge in [0, 0.05) is 25.2 Å². The monoisotopic (exact) mass is 531 g/mol. The molecule has 1 aliphatic carbocycles. The predicted molar refractivity (Wildman–Crippen MR) is 150 cm³/mol. The second-order valence-electron chi connectivity index (χ2n) is 10.6. The Balaban J connectivity index is 1.63. The lowest BCUT2D eigenvalue weighted by atomic mass is 9.85. The first kappa shape index (κ1) is 26.9. The summed E-state index contributed by atoms with van der Waals surface area (Å²) in [5.41, 5.74) is 8.77. The lowest BCUT2D eigenvalue weighted by Gasteiger charge is -2.34. The molecule has 0 radical (unpaired) electrons. The molecular formula is C33H32F3NO2. The van der Waals surface area contributed by atoms with Crippen LogP contribution in [-0.2, 0) is 6.42 Å². The zero-order chi connectivity index (χ0) is 27.7. The molecule has 0 saturated carbocycles. The minimum atomic E-state index is -0.985. The number of aryl methyl sites for hydroxylation is 3. The number of fused-ring (bicyclic) bond motifs is 1. The van der Waals surface area contributed by atoms with E-state index in [-0.39, 0.29) is 23.9 Å². The molecule has 1 heterocycles. The second-order valence-corrected chi connectivity index (χ2v) is 10.6. The Morgan fingerprint density at radius 3 is 2.44 bits per heavy atom. The molecule has 1 N–H and O–H groups in total. The molecule has 1 aliphatic heterocycles. The van der Waals surface area contributed by atoms with Crippen LogP contribution >= 0.6 is 0 Å². The molecule has 1 saturated heterocycles. The molecule has 39 heavy (non-hydrogen) atoms. The van der Waals surface area contributed by atoms with Crippen LogP contribution in [0.25, 0.3) is 17.2 Å². The van der Waals surface area contributed by atoms with Crippen LogP contribution in [0.3, 0.4) is 0 Å². The van der Waals surface area contributed by atoms with Gasteiger partial charge < -0.3 is 5.11 Å². The smallest absolute Gasteiger partial charge is 0.335 e. The highest BCUT2D eigenvalue weighted by molar-refractivity contribution is 6.01. The summed E-state index contributed by atoms with van der Waals surface area (Å²) < 4.78 is 42.2. The second kappa shape index (κ2) is 11.2. The number of rotatable bonds is 7. The molecule has 6 heteroatoms. The summed E-state index contributed by atoms with van der Waals surface area (Å²) >= 11 is 0. The molecular weight excluding hydrogens is 499 g/mol. The molecule has 3 aromatic carbocycles. The van der Waals surface area contributed by atoms with Crippen molar-refractivity contribution in [3.05, 3.63) is 110 Å². The molecule has 0 atom stereocenters. The van der Waals surface area contributed by atoms with Gasteiger partial charge in [0.25, 0.3) is 0 Å². The quantitative estimate of drug-likeness (QED) is 0.341. The maximum absolute atomic E-state index is 15.7. The molecule has 2 aliphatic rings. The van der Waals surface area contributed by atoms with Crippen molar-refractivity contribution in [3.63, 3.8) is 0 Å². The van der Waals surface area contributed by atoms with E-state index in [2.05, 4.69) is 4.90 Å². The summed E-state index contributed by atoms with van der Waals surface area (Å²) in [6, 6.07) is 13.4. The van der Waals surface area contributed by atoms with Crippen molar-refractivity contribution < 1.29 is 23.1 Å². The van der Waals surface area contributed by atoms with Crippen LogP contribution in [0, 0.1) is 25.5 Å². The summed E-state index contributed by atoms with van der Waals surface area (Å²) in [5, 5.41) is 9.57. The summed E-state index contributed by atoms with van der Waals surface area (Å²) in [7, 11) is 0. The molecule has 3 aromatic rings. The summed E-state index contributed by atoms with van der Waals surface area (Å²) in [6.07, 6.45) is 4.58. The van der Waals surface area contributed by atoms with Gasteiger partial charge in [0.1, 0.15) is 11.6 Å². The Morgan fingerprint density at radius 1 is 0.974 bits per heavy atom. The van der Waals surface area contributed by atoms with Gasteiger partial charge in [0.05, 0.1) is 12.2 Å². The van der Waals surface area contributed by atoms with Crippen molar-refractivity contribution in [3.8, 4) is 0 Å². The highest BCUT2D eigenvalue weighted by Gasteiger charge is 2.24. The SMILES string of the molecule is Cc1cc(F)ccc1C1=C(c2cc(C)c(C=C3CN(CCCF)C3)c(F)c2)c2ccc(C(=O)O)cc2CCC1. The molecule has 3 nitrogen and oxygen atoms in total. The number of alkyl halides is 1. The fourth-order valence-corrected chi connectivity index (χ4v) is 5.83. The number of halogens is 3. The van der Waals surface area contributed by atoms with Crippen LogP contribution in [0.1, 0.15) is 68.6 Å². The molecule has 0 aromatic heterocycles. The number of carboxylic acid groups (broad SMARTS) is 1. The highest BCUT2D eigenvalue weighted by Crippen LogP contribution is 2.42. The van der Waals surface area contributed by atoms with Gasteiger partial charge in [0.2, 0.25) is 0 Å². The number of nitrogens with zero attached hydrogens (tertiary/aromatic N) is 1. The summed E-state index contributed by atoms with van der Waals surface area (Å²) in [6.45, 7) is 5.59. The van der Waals surface area contributed by atoms with Crippen molar-refractivity contribution in [2.24, 2.45) is 0 Å². The number of hydrogen-bond donors (Lipinski definition) is 1. The van der Waals surface area contributed by atoms with E-state index in [1.165, 1.54) is 12.1 Å². The van der Waals surface area contributed by atoms with E-state index in [9.17, 15) is 18.7 Å². The van der Waals surface area contributed by atoms with E-state index < -0.39 is 5.97 Å². The van der Waals surface area contributed by atoms with Crippen LogP contribution < -0.4 is 0 Å². The van der Waals surface area contributed by atoms with Gasteiger partial charge in [-0.25, -0.2) is 13.6 Å². The van der Waals surface area contributed by atoms with E-state index >= 15 is 4.39 Å². The lowest BCUT2D eigenvalue weighted by Crippen LogP contribution is -2.40. The van der Waals surface area contributed by atoms with E-state index in [0.29, 0.717) is 31.4 Å². The summed E-state index contributed by atoms with van der Waals surface area (Å²) in [5.74, 6) is -1.62. The van der Waals surface area contributed by atoms with Crippen LogP contribution in [0.5, 0.6) is 0 Å². The Hall–Kier alpha value is -3.64. The molecule has 0 spiro atoms. The third kappa shape index (κ3) is 5.57. The van der Waals surface area contributed by atoms with Crippen LogP contribution in [0.15, 0.2) is 54.1 Å². The Kier molecular flexibility index (Phi) is 7.76. The zero-order valence-electron chi connectivity index (χ0n) is 22.3. The van der Waals surface area contributed by atoms with Crippen molar-refractivity contribution in [2.75, 3.05) is 26.3 Å². The average molecular weight is 532 g/mol. The van der Waals surface area contributed by atoms with Crippen LogP contribution in [0.2, 0.25) is 0 Å². The molecule has 0 bridgehead atoms. The van der Waals surface area contributed by atoms with Gasteiger partial charge in [-0.2, -0.15) is 0 Å². The van der Waals surface area contributed by atoms with Gasteiger partial charge in [-0.1, -0.05) is 18.2 Å². The number of carboxylic acids is 1. The first-order valence-electron chi connectivity index (χ1n) is 13.4. The normalized spacial score (nSPS) is 15.6. The molecule has 5 rings (SSSR count). The summed E-state index contributed by atoms with van der Waals surface area (Å²) in [4.78, 5) is 13.8. The third-order valence-electron chi connectivity index (χ3n) is 7.74. The third-order valence-corrected chi connectivity index (χ3v) is 7.74. The molecule has 0 unspecified atom stereocenters. The minimum Gasteiger partial charge on any atom is -0.478 e. The lowest BCUT2D eigenvalue weighted by molar-refractivity contribution is 0.0696. The number of hydrogen-bond acceptors (Lipinski definition) is 2. The maximum atomic E-state index is 15.7. The first-order chi connectivity index (χ1) is 18.7. The number of carbonyl (C=O) groups is 1. The van der Waals surface area contributed by atoms with Crippen LogP contribution in [-0.4, -0.2) is 42.3 Å². The molecule has 202 valence electrons. The van der Waals surface area contributed by atoms with Crippen molar-refractivity contribution in [1.29, 1.82) is 0 Å². The molecule has 1 fully saturated rings. The Labute approximate surface area is 227 Å². The minimum absolute atomic E-state index is 0.222. The van der Waals surface area contributed by atoms with E-state index in [0.717, 1.165) is 69.6 Å².